The predicted octanol–water partition coefficient (Wildman–Crippen LogP) is 0.876. The van der Waals surface area contributed by atoms with Gasteiger partial charge in [-0.25, -0.2) is 14.8 Å². The lowest BCUT2D eigenvalue weighted by Gasteiger charge is -2.35. The minimum atomic E-state index is -0.463. The van der Waals surface area contributed by atoms with Crippen LogP contribution in [0.2, 0.25) is 0 Å². The van der Waals surface area contributed by atoms with E-state index >= 15 is 0 Å². The number of imide groups is 1. The van der Waals surface area contributed by atoms with Crippen molar-refractivity contribution in [2.45, 2.75) is 33.1 Å². The van der Waals surface area contributed by atoms with E-state index in [-0.39, 0.29) is 5.91 Å². The number of amides is 3. The zero-order valence-corrected chi connectivity index (χ0v) is 15.5. The molecule has 0 saturated carbocycles. The molecule has 1 aromatic rings. The monoisotopic (exact) mass is 348 g/mol. The third-order valence-electron chi connectivity index (χ3n) is 4.21. The summed E-state index contributed by atoms with van der Waals surface area (Å²) in [6.07, 6.45) is 0.317. The Labute approximate surface area is 149 Å². The average molecular weight is 348 g/mol. The molecule has 0 bridgehead atoms. The summed E-state index contributed by atoms with van der Waals surface area (Å²) in [5.41, 5.74) is 0.988. The minimum Gasteiger partial charge on any atom is -0.354 e. The maximum absolute atomic E-state index is 11.7. The zero-order chi connectivity index (χ0) is 18.4. The van der Waals surface area contributed by atoms with E-state index in [1.165, 1.54) is 7.05 Å². The van der Waals surface area contributed by atoms with Crippen LogP contribution in [0, 0.1) is 6.92 Å². The molecule has 1 fully saturated rings. The normalized spacial score (nSPS) is 15.3. The Bertz CT molecular complexity index is 611. The first kappa shape index (κ1) is 19.1. The van der Waals surface area contributed by atoms with Crippen LogP contribution in [-0.2, 0) is 4.79 Å². The molecule has 1 aromatic heterocycles. The number of anilines is 1. The summed E-state index contributed by atoms with van der Waals surface area (Å²) >= 11 is 0. The summed E-state index contributed by atoms with van der Waals surface area (Å²) in [4.78, 5) is 36.4. The molecule has 2 N–H and O–H groups in total. The second kappa shape index (κ2) is 8.75. The lowest BCUT2D eigenvalue weighted by atomic mass is 10.2. The number of carbonyl (C=O) groups is 2. The molecule has 8 nitrogen and oxygen atoms in total. The van der Waals surface area contributed by atoms with Crippen LogP contribution in [0.4, 0.5) is 10.6 Å². The molecule has 1 saturated heterocycles. The van der Waals surface area contributed by atoms with E-state index in [1.54, 1.807) is 0 Å². The van der Waals surface area contributed by atoms with E-state index in [0.29, 0.717) is 18.9 Å². The van der Waals surface area contributed by atoms with E-state index < -0.39 is 6.03 Å². The summed E-state index contributed by atoms with van der Waals surface area (Å²) in [7, 11) is 1.49. The summed E-state index contributed by atoms with van der Waals surface area (Å²) in [5.74, 6) is 1.91. The van der Waals surface area contributed by atoms with Crippen LogP contribution >= 0.6 is 0 Å². The fraction of sp³-hybridized carbons (Fsp3) is 0.647. The van der Waals surface area contributed by atoms with Gasteiger partial charge >= 0.3 is 6.03 Å². The molecule has 0 spiro atoms. The molecule has 0 unspecified atom stereocenters. The van der Waals surface area contributed by atoms with E-state index in [2.05, 4.69) is 44.2 Å². The second-order valence-corrected chi connectivity index (χ2v) is 6.59. The number of hydrogen-bond acceptors (Lipinski definition) is 6. The SMILES string of the molecule is CNC(=O)NC(=O)CCN1CCN(c2cc(C)nc(C(C)C)n2)CC1. The fourth-order valence-electron chi connectivity index (χ4n) is 2.71. The van der Waals surface area contributed by atoms with Gasteiger partial charge in [-0.2, -0.15) is 0 Å². The Morgan fingerprint density at radius 3 is 2.48 bits per heavy atom. The summed E-state index contributed by atoms with van der Waals surface area (Å²) in [6.45, 7) is 10.3. The van der Waals surface area contributed by atoms with Gasteiger partial charge in [0, 0.05) is 63.9 Å². The van der Waals surface area contributed by atoms with Crippen LogP contribution in [0.25, 0.3) is 0 Å². The molecule has 3 amide bonds. The maximum atomic E-state index is 11.7. The molecule has 138 valence electrons. The van der Waals surface area contributed by atoms with Crippen molar-refractivity contribution in [3.63, 3.8) is 0 Å². The first-order valence-corrected chi connectivity index (χ1v) is 8.73. The smallest absolute Gasteiger partial charge is 0.321 e. The summed E-state index contributed by atoms with van der Waals surface area (Å²) in [6, 6.07) is 1.56. The predicted molar refractivity (Wildman–Crippen MR) is 96.7 cm³/mol. The van der Waals surface area contributed by atoms with Crippen molar-refractivity contribution < 1.29 is 9.59 Å². The van der Waals surface area contributed by atoms with Gasteiger partial charge in [0.25, 0.3) is 0 Å². The number of nitrogens with one attached hydrogen (secondary N) is 2. The average Bonchev–Trinajstić information content (AvgIpc) is 2.59. The zero-order valence-electron chi connectivity index (χ0n) is 15.5. The number of nitrogens with zero attached hydrogens (tertiary/aromatic N) is 4. The van der Waals surface area contributed by atoms with Gasteiger partial charge < -0.3 is 10.2 Å². The molecule has 0 aliphatic carbocycles. The molecule has 25 heavy (non-hydrogen) atoms. The Kier molecular flexibility index (Phi) is 6.69. The van der Waals surface area contributed by atoms with Crippen LogP contribution in [0.1, 0.15) is 37.7 Å². The van der Waals surface area contributed by atoms with E-state index in [4.69, 9.17) is 0 Å². The van der Waals surface area contributed by atoms with Crippen molar-refractivity contribution in [1.82, 2.24) is 25.5 Å². The van der Waals surface area contributed by atoms with E-state index in [0.717, 1.165) is 43.5 Å². The largest absolute Gasteiger partial charge is 0.354 e. The molecular weight excluding hydrogens is 320 g/mol. The third-order valence-corrected chi connectivity index (χ3v) is 4.21. The highest BCUT2D eigenvalue weighted by Gasteiger charge is 2.20. The standard InChI is InChI=1S/C17H28N6O2/c1-12(2)16-19-13(3)11-14(20-16)23-9-7-22(8-10-23)6-5-15(24)21-17(25)18-4/h11-12H,5-10H2,1-4H3,(H2,18,21,24,25). The molecule has 8 heteroatoms. The van der Waals surface area contributed by atoms with Crippen molar-refractivity contribution in [3.05, 3.63) is 17.6 Å². The molecule has 1 aliphatic rings. The van der Waals surface area contributed by atoms with Crippen LogP contribution < -0.4 is 15.5 Å². The van der Waals surface area contributed by atoms with Crippen molar-refractivity contribution in [2.75, 3.05) is 44.7 Å². The van der Waals surface area contributed by atoms with Crippen LogP contribution in [0.5, 0.6) is 0 Å². The van der Waals surface area contributed by atoms with Crippen molar-refractivity contribution >= 4 is 17.8 Å². The number of aromatic nitrogens is 2. The van der Waals surface area contributed by atoms with Gasteiger partial charge in [-0.1, -0.05) is 13.8 Å². The number of aryl methyl sites for hydroxylation is 1. The summed E-state index contributed by atoms with van der Waals surface area (Å²) < 4.78 is 0. The van der Waals surface area contributed by atoms with Crippen molar-refractivity contribution in [1.29, 1.82) is 0 Å². The first-order valence-electron chi connectivity index (χ1n) is 8.73. The van der Waals surface area contributed by atoms with Crippen LogP contribution in [0.15, 0.2) is 6.07 Å². The van der Waals surface area contributed by atoms with E-state index in [1.807, 2.05) is 13.0 Å². The number of hydrogen-bond donors (Lipinski definition) is 2. The molecule has 2 heterocycles. The Morgan fingerprint density at radius 1 is 1.20 bits per heavy atom. The maximum Gasteiger partial charge on any atom is 0.321 e. The van der Waals surface area contributed by atoms with Gasteiger partial charge in [0.1, 0.15) is 11.6 Å². The highest BCUT2D eigenvalue weighted by Crippen LogP contribution is 2.18. The topological polar surface area (TPSA) is 90.5 Å². The quantitative estimate of drug-likeness (QED) is 0.821. The van der Waals surface area contributed by atoms with Gasteiger partial charge in [0.05, 0.1) is 0 Å². The van der Waals surface area contributed by atoms with Gasteiger partial charge in [-0.05, 0) is 6.92 Å². The molecule has 1 aliphatic heterocycles. The van der Waals surface area contributed by atoms with Crippen LogP contribution in [-0.4, -0.2) is 66.6 Å². The minimum absolute atomic E-state index is 0.255. The molecule has 0 atom stereocenters. The van der Waals surface area contributed by atoms with Crippen molar-refractivity contribution in [2.24, 2.45) is 0 Å². The number of piperazine rings is 1. The van der Waals surface area contributed by atoms with Gasteiger partial charge in [0.15, 0.2) is 0 Å². The summed E-state index contributed by atoms with van der Waals surface area (Å²) in [5, 5.41) is 4.66. The highest BCUT2D eigenvalue weighted by molar-refractivity contribution is 5.94. The Hall–Kier alpha value is -2.22. The molecule has 0 radical (unpaired) electrons. The van der Waals surface area contributed by atoms with E-state index in [9.17, 15) is 9.59 Å². The van der Waals surface area contributed by atoms with Crippen molar-refractivity contribution in [3.8, 4) is 0 Å². The lowest BCUT2D eigenvalue weighted by Crippen LogP contribution is -2.48. The third kappa shape index (κ3) is 5.67. The number of rotatable bonds is 5. The van der Waals surface area contributed by atoms with Gasteiger partial charge in [-0.15, -0.1) is 0 Å². The second-order valence-electron chi connectivity index (χ2n) is 6.59. The highest BCUT2D eigenvalue weighted by atomic mass is 16.2. The number of urea groups is 1. The van der Waals surface area contributed by atoms with Crippen LogP contribution in [0.3, 0.4) is 0 Å². The Balaban J connectivity index is 1.83. The number of carbonyl (C=O) groups excluding carboxylic acids is 2. The molecule has 2 rings (SSSR count). The fourth-order valence-corrected chi connectivity index (χ4v) is 2.71. The molecular formula is C17H28N6O2. The first-order chi connectivity index (χ1) is 11.9. The van der Waals surface area contributed by atoms with Gasteiger partial charge in [-0.3, -0.25) is 15.0 Å². The van der Waals surface area contributed by atoms with Gasteiger partial charge in [0.2, 0.25) is 5.91 Å². The molecule has 0 aromatic carbocycles. The Morgan fingerprint density at radius 2 is 1.88 bits per heavy atom. The lowest BCUT2D eigenvalue weighted by molar-refractivity contribution is -0.120.